The second-order valence-corrected chi connectivity index (χ2v) is 10.4. The summed E-state index contributed by atoms with van der Waals surface area (Å²) in [5.74, 6) is 0.881. The molecule has 1 aromatic heterocycles. The van der Waals surface area contributed by atoms with Gasteiger partial charge < -0.3 is 25.8 Å². The molecule has 2 atom stereocenters. The van der Waals surface area contributed by atoms with E-state index in [2.05, 4.69) is 20.6 Å². The maximum absolute atomic E-state index is 12.9. The Bertz CT molecular complexity index is 1080. The standard InChI is InChI=1S/C26H40N6O3/c1-16-12-13-18-17(14-16)21(32-22(29-18)23(33)28-15-25(2,3)34-6)30-19-10-8-9-11-20(19)31-24(27)26(4,5)35-7/h12-14,19-20H,8-11,15H2,1-7H3,(H2,27,31)(H,28,33)(H,29,30,32)/t19-,20+/m0/s1. The van der Waals surface area contributed by atoms with Crippen molar-refractivity contribution in [2.75, 3.05) is 26.1 Å². The van der Waals surface area contributed by atoms with E-state index in [0.29, 0.717) is 23.7 Å². The third-order valence-corrected chi connectivity index (χ3v) is 6.77. The Morgan fingerprint density at radius 2 is 1.86 bits per heavy atom. The predicted molar refractivity (Wildman–Crippen MR) is 140 cm³/mol. The van der Waals surface area contributed by atoms with Crippen molar-refractivity contribution in [1.82, 2.24) is 15.3 Å². The summed E-state index contributed by atoms with van der Waals surface area (Å²) in [5, 5.41) is 7.35. The highest BCUT2D eigenvalue weighted by Crippen LogP contribution is 2.28. The Morgan fingerprint density at radius 1 is 1.14 bits per heavy atom. The predicted octanol–water partition coefficient (Wildman–Crippen LogP) is 3.60. The largest absolute Gasteiger partial charge is 0.385 e. The van der Waals surface area contributed by atoms with Crippen molar-refractivity contribution >= 4 is 28.5 Å². The number of nitrogens with two attached hydrogens (primary N) is 1. The van der Waals surface area contributed by atoms with Crippen molar-refractivity contribution in [3.05, 3.63) is 29.6 Å². The highest BCUT2D eigenvalue weighted by atomic mass is 16.5. The molecule has 1 amide bonds. The molecule has 0 bridgehead atoms. The Balaban J connectivity index is 1.94. The molecular weight excluding hydrogens is 444 g/mol. The van der Waals surface area contributed by atoms with Crippen molar-refractivity contribution in [1.29, 1.82) is 0 Å². The first-order valence-electron chi connectivity index (χ1n) is 12.2. The van der Waals surface area contributed by atoms with E-state index in [9.17, 15) is 4.79 Å². The van der Waals surface area contributed by atoms with E-state index in [1.165, 1.54) is 0 Å². The molecule has 1 heterocycles. The quantitative estimate of drug-likeness (QED) is 0.367. The zero-order chi connectivity index (χ0) is 25.8. The number of ether oxygens (including phenoxy) is 2. The van der Waals surface area contributed by atoms with Gasteiger partial charge in [0.2, 0.25) is 5.82 Å². The molecule has 1 aromatic carbocycles. The fourth-order valence-electron chi connectivity index (χ4n) is 3.95. The maximum Gasteiger partial charge on any atom is 0.289 e. The number of methoxy groups -OCH3 is 2. The number of aryl methyl sites for hydroxylation is 1. The fraction of sp³-hybridized carbons (Fsp3) is 0.615. The number of benzene rings is 1. The molecule has 0 aliphatic heterocycles. The van der Waals surface area contributed by atoms with Crippen LogP contribution in [0.2, 0.25) is 0 Å². The lowest BCUT2D eigenvalue weighted by Gasteiger charge is -2.32. The number of aromatic nitrogens is 2. The Labute approximate surface area is 208 Å². The van der Waals surface area contributed by atoms with Crippen LogP contribution in [-0.2, 0) is 9.47 Å². The molecule has 35 heavy (non-hydrogen) atoms. The number of hydrogen-bond acceptors (Lipinski definition) is 7. The minimum absolute atomic E-state index is 0.0206. The Morgan fingerprint density at radius 3 is 2.54 bits per heavy atom. The lowest BCUT2D eigenvalue weighted by molar-refractivity contribution is 0.0227. The van der Waals surface area contributed by atoms with Gasteiger partial charge in [0, 0.05) is 32.2 Å². The van der Waals surface area contributed by atoms with E-state index in [0.717, 1.165) is 36.6 Å². The molecule has 1 saturated carbocycles. The third-order valence-electron chi connectivity index (χ3n) is 6.77. The van der Waals surface area contributed by atoms with Gasteiger partial charge in [-0.1, -0.05) is 24.5 Å². The molecule has 1 fully saturated rings. The summed E-state index contributed by atoms with van der Waals surface area (Å²) in [7, 11) is 3.25. The van der Waals surface area contributed by atoms with Crippen LogP contribution in [0, 0.1) is 6.92 Å². The zero-order valence-corrected chi connectivity index (χ0v) is 22.1. The number of nitrogens with zero attached hydrogens (tertiary/aromatic N) is 3. The summed E-state index contributed by atoms with van der Waals surface area (Å²) < 4.78 is 10.9. The summed E-state index contributed by atoms with van der Waals surface area (Å²) >= 11 is 0. The van der Waals surface area contributed by atoms with Gasteiger partial charge in [-0.3, -0.25) is 9.79 Å². The SMILES string of the molecule is COC(C)(C)CNC(=O)c1nc(N[C@H]2CCCC[C@H]2N=C(N)C(C)(C)OC)c2cc(C)ccc2n1. The van der Waals surface area contributed by atoms with Crippen molar-refractivity contribution < 1.29 is 14.3 Å². The number of nitrogens with one attached hydrogen (secondary N) is 2. The molecule has 4 N–H and O–H groups in total. The van der Waals surface area contributed by atoms with E-state index in [4.69, 9.17) is 20.2 Å². The van der Waals surface area contributed by atoms with Gasteiger partial charge in [-0.15, -0.1) is 0 Å². The van der Waals surface area contributed by atoms with Crippen molar-refractivity contribution in [2.24, 2.45) is 10.7 Å². The molecule has 2 aromatic rings. The number of fused-ring (bicyclic) bond motifs is 1. The summed E-state index contributed by atoms with van der Waals surface area (Å²) in [6.07, 6.45) is 4.01. The van der Waals surface area contributed by atoms with Crippen LogP contribution in [0.4, 0.5) is 5.82 Å². The number of aliphatic imine (C=N–C) groups is 1. The van der Waals surface area contributed by atoms with E-state index >= 15 is 0 Å². The second-order valence-electron chi connectivity index (χ2n) is 10.4. The van der Waals surface area contributed by atoms with Gasteiger partial charge in [0.05, 0.1) is 17.2 Å². The number of anilines is 1. The fourth-order valence-corrected chi connectivity index (χ4v) is 3.95. The minimum Gasteiger partial charge on any atom is -0.385 e. The minimum atomic E-state index is -0.637. The molecular formula is C26H40N6O3. The summed E-state index contributed by atoms with van der Waals surface area (Å²) in [4.78, 5) is 27.0. The van der Waals surface area contributed by atoms with Gasteiger partial charge in [-0.2, -0.15) is 0 Å². The second kappa shape index (κ2) is 10.9. The number of amides is 1. The van der Waals surface area contributed by atoms with Crippen LogP contribution in [0.15, 0.2) is 23.2 Å². The molecule has 192 valence electrons. The molecule has 9 heteroatoms. The third kappa shape index (κ3) is 6.67. The van der Waals surface area contributed by atoms with Crippen LogP contribution in [-0.4, -0.2) is 65.8 Å². The average molecular weight is 485 g/mol. The number of rotatable bonds is 9. The number of amidine groups is 1. The summed E-state index contributed by atoms with van der Waals surface area (Å²) in [5.41, 5.74) is 6.98. The molecule has 9 nitrogen and oxygen atoms in total. The van der Waals surface area contributed by atoms with Crippen molar-refractivity contribution in [2.45, 2.75) is 83.6 Å². The maximum atomic E-state index is 12.9. The van der Waals surface area contributed by atoms with Crippen LogP contribution < -0.4 is 16.4 Å². The first-order valence-corrected chi connectivity index (χ1v) is 12.2. The van der Waals surface area contributed by atoms with Crippen LogP contribution in [0.5, 0.6) is 0 Å². The molecule has 0 saturated heterocycles. The number of carbonyl (C=O) groups is 1. The lowest BCUT2D eigenvalue weighted by atomic mass is 9.90. The topological polar surface area (TPSA) is 124 Å². The van der Waals surface area contributed by atoms with Gasteiger partial charge in [-0.25, -0.2) is 9.97 Å². The lowest BCUT2D eigenvalue weighted by Crippen LogP contribution is -2.44. The Kier molecular flexibility index (Phi) is 8.33. The van der Waals surface area contributed by atoms with Crippen LogP contribution in [0.1, 0.15) is 69.6 Å². The summed E-state index contributed by atoms with van der Waals surface area (Å²) in [6, 6.07) is 5.94. The molecule has 1 aliphatic carbocycles. The normalized spacial score (nSPS) is 19.6. The van der Waals surface area contributed by atoms with Crippen molar-refractivity contribution in [3.8, 4) is 0 Å². The highest BCUT2D eigenvalue weighted by Gasteiger charge is 2.30. The average Bonchev–Trinajstić information content (AvgIpc) is 2.83. The summed E-state index contributed by atoms with van der Waals surface area (Å²) in [6.45, 7) is 10.0. The van der Waals surface area contributed by atoms with Gasteiger partial charge in [0.1, 0.15) is 17.3 Å². The van der Waals surface area contributed by atoms with Gasteiger partial charge >= 0.3 is 0 Å². The van der Waals surface area contributed by atoms with Crippen LogP contribution in [0.25, 0.3) is 10.9 Å². The number of carbonyl (C=O) groups excluding carboxylic acids is 1. The zero-order valence-electron chi connectivity index (χ0n) is 22.1. The Hall–Kier alpha value is -2.78. The first-order chi connectivity index (χ1) is 16.5. The monoisotopic (exact) mass is 484 g/mol. The molecule has 0 spiro atoms. The van der Waals surface area contributed by atoms with E-state index in [1.807, 2.05) is 52.8 Å². The van der Waals surface area contributed by atoms with E-state index in [1.54, 1.807) is 14.2 Å². The van der Waals surface area contributed by atoms with Crippen LogP contribution >= 0.6 is 0 Å². The van der Waals surface area contributed by atoms with E-state index in [-0.39, 0.29) is 23.8 Å². The highest BCUT2D eigenvalue weighted by molar-refractivity contribution is 5.96. The van der Waals surface area contributed by atoms with Gasteiger partial charge in [-0.05, 0) is 59.6 Å². The van der Waals surface area contributed by atoms with Gasteiger partial charge in [0.15, 0.2) is 0 Å². The molecule has 0 radical (unpaired) electrons. The molecule has 0 unspecified atom stereocenters. The van der Waals surface area contributed by atoms with Crippen molar-refractivity contribution in [3.63, 3.8) is 0 Å². The van der Waals surface area contributed by atoms with Crippen LogP contribution in [0.3, 0.4) is 0 Å². The molecule has 3 rings (SSSR count). The van der Waals surface area contributed by atoms with Gasteiger partial charge in [0.25, 0.3) is 5.91 Å². The smallest absolute Gasteiger partial charge is 0.289 e. The first kappa shape index (κ1) is 26.8. The molecule has 1 aliphatic rings. The van der Waals surface area contributed by atoms with E-state index < -0.39 is 11.2 Å². The number of hydrogen-bond donors (Lipinski definition) is 3.